The molecule has 0 unspecified atom stereocenters. The second kappa shape index (κ2) is 4.92. The van der Waals surface area contributed by atoms with Gasteiger partial charge in [-0.15, -0.1) is 0 Å². The van der Waals surface area contributed by atoms with Crippen LogP contribution in [0.15, 0.2) is 24.3 Å². The van der Waals surface area contributed by atoms with E-state index in [9.17, 15) is 0 Å². The Kier molecular flexibility index (Phi) is 3.50. The normalized spacial score (nSPS) is 8.77. The van der Waals surface area contributed by atoms with Gasteiger partial charge in [-0.3, -0.25) is 0 Å². The fraction of sp³-hybridized carbons (Fsp3) is 0.200. The first-order valence-corrected chi connectivity index (χ1v) is 3.93. The van der Waals surface area contributed by atoms with E-state index in [2.05, 4.69) is 5.32 Å². The van der Waals surface area contributed by atoms with Crippen molar-refractivity contribution in [3.05, 3.63) is 35.4 Å². The molecule has 13 heavy (non-hydrogen) atoms. The van der Waals surface area contributed by atoms with Crippen LogP contribution in [0.4, 0.5) is 0 Å². The zero-order valence-electron chi connectivity index (χ0n) is 7.12. The van der Waals surface area contributed by atoms with Gasteiger partial charge in [0, 0.05) is 6.54 Å². The van der Waals surface area contributed by atoms with Crippen LogP contribution in [0.2, 0.25) is 0 Å². The van der Waals surface area contributed by atoms with Gasteiger partial charge in [-0.1, -0.05) is 12.1 Å². The van der Waals surface area contributed by atoms with Crippen molar-refractivity contribution < 1.29 is 0 Å². The highest BCUT2D eigenvalue weighted by molar-refractivity contribution is 5.31. The Balaban J connectivity index is 2.52. The number of hydrogen-bond acceptors (Lipinski definition) is 3. The van der Waals surface area contributed by atoms with Crippen LogP contribution in [0.1, 0.15) is 11.1 Å². The summed E-state index contributed by atoms with van der Waals surface area (Å²) in [7, 11) is 0. The summed E-state index contributed by atoms with van der Waals surface area (Å²) in [5.74, 6) is 0. The average Bonchev–Trinajstić information content (AvgIpc) is 2.19. The molecule has 1 N–H and O–H groups in total. The first-order valence-electron chi connectivity index (χ1n) is 3.93. The number of benzene rings is 1. The Hall–Kier alpha value is -1.84. The second-order valence-electron chi connectivity index (χ2n) is 2.57. The molecule has 0 fully saturated rings. The topological polar surface area (TPSA) is 59.6 Å². The molecule has 3 nitrogen and oxygen atoms in total. The third-order valence-corrected chi connectivity index (χ3v) is 1.62. The molecular weight excluding hydrogens is 162 g/mol. The molecule has 0 amide bonds. The van der Waals surface area contributed by atoms with E-state index in [1.54, 1.807) is 12.1 Å². The molecule has 0 heterocycles. The van der Waals surface area contributed by atoms with Crippen LogP contribution < -0.4 is 5.32 Å². The highest BCUT2D eigenvalue weighted by Gasteiger charge is 1.92. The Morgan fingerprint density at radius 2 is 1.85 bits per heavy atom. The summed E-state index contributed by atoms with van der Waals surface area (Å²) in [5.41, 5.74) is 1.73. The van der Waals surface area contributed by atoms with Crippen molar-refractivity contribution in [1.82, 2.24) is 5.32 Å². The van der Waals surface area contributed by atoms with Gasteiger partial charge in [0.25, 0.3) is 0 Å². The van der Waals surface area contributed by atoms with Crippen molar-refractivity contribution in [3.63, 3.8) is 0 Å². The molecule has 0 bridgehead atoms. The summed E-state index contributed by atoms with van der Waals surface area (Å²) < 4.78 is 0. The minimum atomic E-state index is 0.347. The van der Waals surface area contributed by atoms with Crippen molar-refractivity contribution >= 4 is 0 Å². The Morgan fingerprint density at radius 3 is 2.38 bits per heavy atom. The van der Waals surface area contributed by atoms with Crippen molar-refractivity contribution in [2.45, 2.75) is 6.54 Å². The predicted molar refractivity (Wildman–Crippen MR) is 48.5 cm³/mol. The van der Waals surface area contributed by atoms with E-state index in [0.717, 1.165) is 5.56 Å². The van der Waals surface area contributed by atoms with E-state index < -0.39 is 0 Å². The zero-order chi connectivity index (χ0) is 9.52. The van der Waals surface area contributed by atoms with Gasteiger partial charge in [0.15, 0.2) is 0 Å². The van der Waals surface area contributed by atoms with Gasteiger partial charge < -0.3 is 5.32 Å². The molecule has 1 aromatic rings. The number of hydrogen-bond donors (Lipinski definition) is 1. The molecule has 64 valence electrons. The smallest absolute Gasteiger partial charge is 0.0991 e. The minimum Gasteiger partial charge on any atom is -0.300 e. The molecule has 0 saturated carbocycles. The second-order valence-corrected chi connectivity index (χ2v) is 2.57. The molecule has 3 heteroatoms. The number of nitrogens with one attached hydrogen (secondary N) is 1. The largest absolute Gasteiger partial charge is 0.300 e. The van der Waals surface area contributed by atoms with Crippen LogP contribution in [0.5, 0.6) is 0 Å². The van der Waals surface area contributed by atoms with Crippen LogP contribution in [0.3, 0.4) is 0 Å². The third kappa shape index (κ3) is 2.94. The van der Waals surface area contributed by atoms with E-state index in [4.69, 9.17) is 10.5 Å². The monoisotopic (exact) mass is 171 g/mol. The maximum Gasteiger partial charge on any atom is 0.0991 e. The van der Waals surface area contributed by atoms with E-state index >= 15 is 0 Å². The van der Waals surface area contributed by atoms with Crippen molar-refractivity contribution in [2.75, 3.05) is 6.54 Å². The van der Waals surface area contributed by atoms with Crippen LogP contribution in [0, 0.1) is 22.7 Å². The van der Waals surface area contributed by atoms with Crippen molar-refractivity contribution in [3.8, 4) is 12.1 Å². The van der Waals surface area contributed by atoms with Crippen molar-refractivity contribution in [2.24, 2.45) is 0 Å². The molecule has 0 atom stereocenters. The Labute approximate surface area is 77.2 Å². The minimum absolute atomic E-state index is 0.347. The standard InChI is InChI=1S/C10H9N3/c11-5-6-13-8-10-3-1-9(7-12)2-4-10/h1-4,13H,6,8H2. The molecule has 0 radical (unpaired) electrons. The van der Waals surface area contributed by atoms with Gasteiger partial charge >= 0.3 is 0 Å². The molecule has 1 rings (SSSR count). The van der Waals surface area contributed by atoms with Crippen LogP contribution in [-0.2, 0) is 6.54 Å². The fourth-order valence-electron chi connectivity index (χ4n) is 0.960. The molecule has 0 aromatic heterocycles. The van der Waals surface area contributed by atoms with E-state index in [1.807, 2.05) is 24.3 Å². The van der Waals surface area contributed by atoms with Crippen LogP contribution in [-0.4, -0.2) is 6.54 Å². The molecule has 0 aliphatic carbocycles. The molecule has 0 spiro atoms. The summed E-state index contributed by atoms with van der Waals surface area (Å²) in [6.07, 6.45) is 0. The van der Waals surface area contributed by atoms with Gasteiger partial charge in [-0.25, -0.2) is 0 Å². The fourth-order valence-corrected chi connectivity index (χ4v) is 0.960. The summed E-state index contributed by atoms with van der Waals surface area (Å²) in [6, 6.07) is 11.3. The summed E-state index contributed by atoms with van der Waals surface area (Å²) >= 11 is 0. The first-order chi connectivity index (χ1) is 6.36. The molecular formula is C10H9N3. The highest BCUT2D eigenvalue weighted by Crippen LogP contribution is 2.02. The van der Waals surface area contributed by atoms with E-state index in [-0.39, 0.29) is 0 Å². The lowest BCUT2D eigenvalue weighted by Crippen LogP contribution is -2.12. The lowest BCUT2D eigenvalue weighted by molar-refractivity contribution is 0.765. The maximum absolute atomic E-state index is 8.53. The number of nitriles is 2. The predicted octanol–water partition coefficient (Wildman–Crippen LogP) is 1.17. The van der Waals surface area contributed by atoms with Crippen LogP contribution in [0.25, 0.3) is 0 Å². The zero-order valence-corrected chi connectivity index (χ0v) is 7.12. The van der Waals surface area contributed by atoms with Crippen molar-refractivity contribution in [1.29, 1.82) is 10.5 Å². The molecule has 0 aliphatic rings. The average molecular weight is 171 g/mol. The lowest BCUT2D eigenvalue weighted by atomic mass is 10.1. The molecule has 0 saturated heterocycles. The van der Waals surface area contributed by atoms with E-state index in [1.165, 1.54) is 0 Å². The first kappa shape index (κ1) is 9.25. The van der Waals surface area contributed by atoms with Crippen LogP contribution >= 0.6 is 0 Å². The van der Waals surface area contributed by atoms with Gasteiger partial charge in [0.1, 0.15) is 0 Å². The molecule has 0 aliphatic heterocycles. The van der Waals surface area contributed by atoms with E-state index in [0.29, 0.717) is 18.7 Å². The SMILES string of the molecule is N#CCNCc1ccc(C#N)cc1. The van der Waals surface area contributed by atoms with Gasteiger partial charge in [0.2, 0.25) is 0 Å². The number of nitrogens with zero attached hydrogens (tertiary/aromatic N) is 2. The maximum atomic E-state index is 8.53. The summed E-state index contributed by atoms with van der Waals surface area (Å²) in [5, 5.41) is 19.7. The number of rotatable bonds is 3. The summed E-state index contributed by atoms with van der Waals surface area (Å²) in [4.78, 5) is 0. The Bertz CT molecular complexity index is 340. The quantitative estimate of drug-likeness (QED) is 0.548. The molecule has 1 aromatic carbocycles. The van der Waals surface area contributed by atoms with Gasteiger partial charge in [0.05, 0.1) is 24.2 Å². The third-order valence-electron chi connectivity index (χ3n) is 1.62. The highest BCUT2D eigenvalue weighted by atomic mass is 14.8. The summed E-state index contributed by atoms with van der Waals surface area (Å²) in [6.45, 7) is 1.01. The van der Waals surface area contributed by atoms with Gasteiger partial charge in [-0.05, 0) is 17.7 Å². The van der Waals surface area contributed by atoms with Gasteiger partial charge in [-0.2, -0.15) is 10.5 Å². The lowest BCUT2D eigenvalue weighted by Gasteiger charge is -1.99. The Morgan fingerprint density at radius 1 is 1.15 bits per heavy atom.